The van der Waals surface area contributed by atoms with Crippen molar-refractivity contribution in [2.75, 3.05) is 6.61 Å². The Morgan fingerprint density at radius 1 is 1.50 bits per heavy atom. The van der Waals surface area contributed by atoms with Gasteiger partial charge in [-0.1, -0.05) is 0 Å². The number of amides is 1. The van der Waals surface area contributed by atoms with Gasteiger partial charge in [0, 0.05) is 0 Å². The molecular formula is C4H9NO5. The van der Waals surface area contributed by atoms with Gasteiger partial charge in [-0.2, -0.15) is 0 Å². The summed E-state index contributed by atoms with van der Waals surface area (Å²) in [6.07, 6.45) is -2.54. The average molecular weight is 151 g/mol. The molecule has 0 saturated carbocycles. The standard InChI is InChI=1S/C3H6O3.CH3NO2/c1-2-6-3(4)5;2-1(3)4/h2H2,1H3,(H,4,5);2H2,(H,3,4). The van der Waals surface area contributed by atoms with E-state index in [2.05, 4.69) is 10.5 Å². The number of rotatable bonds is 1. The number of carbonyl (C=O) groups is 2. The van der Waals surface area contributed by atoms with Crippen LogP contribution in [0.5, 0.6) is 0 Å². The number of carboxylic acid groups (broad SMARTS) is 2. The molecule has 0 unspecified atom stereocenters. The summed E-state index contributed by atoms with van der Waals surface area (Å²) in [4.78, 5) is 18.2. The van der Waals surface area contributed by atoms with Crippen molar-refractivity contribution < 1.29 is 24.5 Å². The molecule has 0 aliphatic rings. The molecule has 0 bridgehead atoms. The third-order valence-corrected chi connectivity index (χ3v) is 0.268. The maximum Gasteiger partial charge on any atom is 0.505 e. The lowest BCUT2D eigenvalue weighted by Gasteiger charge is -1.87. The summed E-state index contributed by atoms with van der Waals surface area (Å²) in [7, 11) is 0. The Morgan fingerprint density at radius 2 is 1.80 bits per heavy atom. The lowest BCUT2D eigenvalue weighted by atomic mass is 10.9. The molecule has 0 radical (unpaired) electrons. The van der Waals surface area contributed by atoms with Gasteiger partial charge in [-0.3, -0.25) is 0 Å². The van der Waals surface area contributed by atoms with E-state index >= 15 is 0 Å². The Labute approximate surface area is 57.2 Å². The first kappa shape index (κ1) is 11.4. The molecule has 0 aromatic carbocycles. The molecule has 10 heavy (non-hydrogen) atoms. The molecular weight excluding hydrogens is 142 g/mol. The van der Waals surface area contributed by atoms with E-state index < -0.39 is 12.2 Å². The molecule has 0 aromatic rings. The normalized spacial score (nSPS) is 6.90. The fraction of sp³-hybridized carbons (Fsp3) is 0.500. The predicted molar refractivity (Wildman–Crippen MR) is 31.9 cm³/mol. The van der Waals surface area contributed by atoms with E-state index in [0.29, 0.717) is 0 Å². The van der Waals surface area contributed by atoms with E-state index in [-0.39, 0.29) is 6.61 Å². The highest BCUT2D eigenvalue weighted by molar-refractivity contribution is 5.61. The van der Waals surface area contributed by atoms with Crippen LogP contribution in [-0.2, 0) is 4.74 Å². The smallest absolute Gasteiger partial charge is 0.465 e. The van der Waals surface area contributed by atoms with Crippen molar-refractivity contribution in [3.05, 3.63) is 0 Å². The van der Waals surface area contributed by atoms with Crippen molar-refractivity contribution in [2.24, 2.45) is 5.73 Å². The predicted octanol–water partition coefficient (Wildman–Crippen LogP) is 0.324. The van der Waals surface area contributed by atoms with Crippen molar-refractivity contribution in [3.63, 3.8) is 0 Å². The molecule has 0 rings (SSSR count). The second-order valence-corrected chi connectivity index (χ2v) is 1.04. The Morgan fingerprint density at radius 3 is 1.80 bits per heavy atom. The highest BCUT2D eigenvalue weighted by Gasteiger charge is 1.86. The Bertz CT molecular complexity index is 108. The third kappa shape index (κ3) is 84.6. The van der Waals surface area contributed by atoms with Crippen LogP contribution in [0.1, 0.15) is 6.92 Å². The Hall–Kier alpha value is -1.46. The summed E-state index contributed by atoms with van der Waals surface area (Å²) in [6.45, 7) is 1.85. The molecule has 0 aliphatic heterocycles. The van der Waals surface area contributed by atoms with Gasteiger partial charge >= 0.3 is 12.2 Å². The van der Waals surface area contributed by atoms with Gasteiger partial charge in [0.25, 0.3) is 0 Å². The van der Waals surface area contributed by atoms with Crippen molar-refractivity contribution in [1.82, 2.24) is 0 Å². The molecule has 0 atom stereocenters. The molecule has 0 fully saturated rings. The molecule has 6 nitrogen and oxygen atoms in total. The van der Waals surface area contributed by atoms with Gasteiger partial charge in [0.15, 0.2) is 0 Å². The quantitative estimate of drug-likeness (QED) is 0.467. The van der Waals surface area contributed by atoms with Crippen LogP contribution >= 0.6 is 0 Å². The molecule has 0 heterocycles. The Kier molecular flexibility index (Phi) is 8.56. The fourth-order valence-electron chi connectivity index (χ4n) is 0.123. The van der Waals surface area contributed by atoms with Gasteiger partial charge < -0.3 is 20.7 Å². The molecule has 1 amide bonds. The van der Waals surface area contributed by atoms with E-state index in [0.717, 1.165) is 0 Å². The minimum absolute atomic E-state index is 0.231. The summed E-state index contributed by atoms with van der Waals surface area (Å²) in [6, 6.07) is 0. The van der Waals surface area contributed by atoms with Crippen LogP contribution < -0.4 is 5.73 Å². The van der Waals surface area contributed by atoms with Gasteiger partial charge in [-0.15, -0.1) is 0 Å². The first-order valence-electron chi connectivity index (χ1n) is 2.34. The summed E-state index contributed by atoms with van der Waals surface area (Å²) < 4.78 is 3.96. The van der Waals surface area contributed by atoms with Crippen LogP contribution in [0.4, 0.5) is 9.59 Å². The minimum atomic E-state index is -1.33. The highest BCUT2D eigenvalue weighted by Crippen LogP contribution is 1.69. The number of nitrogens with two attached hydrogens (primary N) is 1. The first-order valence-corrected chi connectivity index (χ1v) is 2.34. The van der Waals surface area contributed by atoms with Gasteiger partial charge in [0.1, 0.15) is 0 Å². The maximum absolute atomic E-state index is 9.38. The number of primary amides is 1. The summed E-state index contributed by atoms with van der Waals surface area (Å²) in [5.74, 6) is 0. The number of hydrogen-bond acceptors (Lipinski definition) is 3. The molecule has 0 spiro atoms. The van der Waals surface area contributed by atoms with Gasteiger partial charge in [-0.05, 0) is 6.92 Å². The largest absolute Gasteiger partial charge is 0.505 e. The van der Waals surface area contributed by atoms with Crippen molar-refractivity contribution in [3.8, 4) is 0 Å². The van der Waals surface area contributed by atoms with Crippen LogP contribution in [-0.4, -0.2) is 29.1 Å². The van der Waals surface area contributed by atoms with E-state index in [1.165, 1.54) is 0 Å². The second-order valence-electron chi connectivity index (χ2n) is 1.04. The van der Waals surface area contributed by atoms with Crippen molar-refractivity contribution >= 4 is 12.2 Å². The fourth-order valence-corrected chi connectivity index (χ4v) is 0.123. The number of hydrogen-bond donors (Lipinski definition) is 3. The topological polar surface area (TPSA) is 110 Å². The minimum Gasteiger partial charge on any atom is -0.465 e. The van der Waals surface area contributed by atoms with Crippen molar-refractivity contribution in [2.45, 2.75) is 6.92 Å². The maximum atomic E-state index is 9.38. The van der Waals surface area contributed by atoms with Crippen LogP contribution in [0.15, 0.2) is 0 Å². The zero-order chi connectivity index (χ0) is 8.57. The summed E-state index contributed by atoms with van der Waals surface area (Å²) >= 11 is 0. The molecule has 6 heteroatoms. The number of ether oxygens (including phenoxy) is 1. The van der Waals surface area contributed by atoms with Gasteiger partial charge in [0.05, 0.1) is 6.61 Å². The molecule has 4 N–H and O–H groups in total. The van der Waals surface area contributed by atoms with Gasteiger partial charge in [-0.25, -0.2) is 9.59 Å². The highest BCUT2D eigenvalue weighted by atomic mass is 16.7. The van der Waals surface area contributed by atoms with Gasteiger partial charge in [0.2, 0.25) is 0 Å². The summed E-state index contributed by atoms with van der Waals surface area (Å²) in [5, 5.41) is 14.9. The van der Waals surface area contributed by atoms with E-state index in [1.54, 1.807) is 6.92 Å². The zero-order valence-electron chi connectivity index (χ0n) is 5.40. The van der Waals surface area contributed by atoms with Crippen LogP contribution in [0.2, 0.25) is 0 Å². The third-order valence-electron chi connectivity index (χ3n) is 0.268. The average Bonchev–Trinajstić information content (AvgIpc) is 1.62. The molecule has 0 aliphatic carbocycles. The van der Waals surface area contributed by atoms with E-state index in [4.69, 9.17) is 15.0 Å². The SMILES string of the molecule is CCOC(=O)O.NC(=O)O. The monoisotopic (exact) mass is 151 g/mol. The molecule has 0 saturated heterocycles. The van der Waals surface area contributed by atoms with Crippen molar-refractivity contribution in [1.29, 1.82) is 0 Å². The molecule has 60 valence electrons. The van der Waals surface area contributed by atoms with Crippen LogP contribution in [0, 0.1) is 0 Å². The first-order chi connectivity index (χ1) is 4.50. The van der Waals surface area contributed by atoms with E-state index in [1.807, 2.05) is 0 Å². The van der Waals surface area contributed by atoms with Crippen LogP contribution in [0.3, 0.4) is 0 Å². The van der Waals surface area contributed by atoms with E-state index in [9.17, 15) is 4.79 Å². The zero-order valence-corrected chi connectivity index (χ0v) is 5.40. The van der Waals surface area contributed by atoms with Crippen LogP contribution in [0.25, 0.3) is 0 Å². The molecule has 0 aromatic heterocycles. The Balaban J connectivity index is 0. The lowest BCUT2D eigenvalue weighted by molar-refractivity contribution is 0.0966. The summed E-state index contributed by atoms with van der Waals surface area (Å²) in [5.41, 5.74) is 4.03. The second kappa shape index (κ2) is 7.54. The lowest BCUT2D eigenvalue weighted by Crippen LogP contribution is -2.03.